The Morgan fingerprint density at radius 1 is 1.06 bits per heavy atom. The van der Waals surface area contributed by atoms with E-state index in [2.05, 4.69) is 0 Å². The standard InChI is InChI=1S/C15H17NO2/c17-13-9-12-7-4-8-15(18)16(12)14(10-13)11-5-2-1-3-6-11/h1-3,5-6,12,14H,4,7-10H2/t12-,14+/m1/s1. The Labute approximate surface area is 107 Å². The van der Waals surface area contributed by atoms with Gasteiger partial charge in [-0.3, -0.25) is 9.59 Å². The molecule has 0 radical (unpaired) electrons. The van der Waals surface area contributed by atoms with Gasteiger partial charge in [0.1, 0.15) is 5.78 Å². The number of carbonyl (C=O) groups is 2. The molecule has 2 aliphatic rings. The van der Waals surface area contributed by atoms with Crippen LogP contribution in [0.2, 0.25) is 0 Å². The Balaban J connectivity index is 1.95. The molecule has 3 heteroatoms. The van der Waals surface area contributed by atoms with Gasteiger partial charge in [0.05, 0.1) is 6.04 Å². The molecule has 3 nitrogen and oxygen atoms in total. The van der Waals surface area contributed by atoms with Gasteiger partial charge in [0.2, 0.25) is 5.91 Å². The summed E-state index contributed by atoms with van der Waals surface area (Å²) in [6.45, 7) is 0. The van der Waals surface area contributed by atoms with Gasteiger partial charge in [-0.15, -0.1) is 0 Å². The number of hydrogen-bond acceptors (Lipinski definition) is 2. The molecule has 3 rings (SSSR count). The second kappa shape index (κ2) is 4.56. The van der Waals surface area contributed by atoms with E-state index < -0.39 is 0 Å². The summed E-state index contributed by atoms with van der Waals surface area (Å²) in [6.07, 6.45) is 3.56. The number of carbonyl (C=O) groups excluding carboxylic acids is 2. The van der Waals surface area contributed by atoms with E-state index in [1.165, 1.54) is 0 Å². The van der Waals surface area contributed by atoms with E-state index in [9.17, 15) is 9.59 Å². The van der Waals surface area contributed by atoms with Crippen LogP contribution in [-0.4, -0.2) is 22.6 Å². The highest BCUT2D eigenvalue weighted by Crippen LogP contribution is 2.37. The van der Waals surface area contributed by atoms with Crippen LogP contribution in [0.15, 0.2) is 30.3 Å². The highest BCUT2D eigenvalue weighted by atomic mass is 16.2. The summed E-state index contributed by atoms with van der Waals surface area (Å²) in [5.74, 6) is 0.507. The predicted octanol–water partition coefficient (Wildman–Crippen LogP) is 2.47. The molecule has 1 amide bonds. The van der Waals surface area contributed by atoms with Crippen LogP contribution in [-0.2, 0) is 9.59 Å². The Kier molecular flexibility index (Phi) is 2.90. The van der Waals surface area contributed by atoms with Crippen LogP contribution < -0.4 is 0 Å². The first-order chi connectivity index (χ1) is 8.75. The van der Waals surface area contributed by atoms with Crippen LogP contribution >= 0.6 is 0 Å². The average Bonchev–Trinajstić information content (AvgIpc) is 2.39. The van der Waals surface area contributed by atoms with Crippen LogP contribution in [0.4, 0.5) is 0 Å². The molecular formula is C15H17NO2. The highest BCUT2D eigenvalue weighted by molar-refractivity contribution is 5.85. The molecule has 18 heavy (non-hydrogen) atoms. The Morgan fingerprint density at radius 2 is 1.83 bits per heavy atom. The molecule has 2 fully saturated rings. The first kappa shape index (κ1) is 11.5. The minimum Gasteiger partial charge on any atom is -0.332 e. The number of hydrogen-bond donors (Lipinski definition) is 0. The lowest BCUT2D eigenvalue weighted by Gasteiger charge is -2.44. The van der Waals surface area contributed by atoms with Crippen molar-refractivity contribution >= 4 is 11.7 Å². The number of amides is 1. The summed E-state index contributed by atoms with van der Waals surface area (Å²) in [6, 6.07) is 10.0. The van der Waals surface area contributed by atoms with Gasteiger partial charge in [-0.1, -0.05) is 30.3 Å². The van der Waals surface area contributed by atoms with Crippen LogP contribution in [0.25, 0.3) is 0 Å². The first-order valence-electron chi connectivity index (χ1n) is 6.63. The number of rotatable bonds is 1. The zero-order valence-corrected chi connectivity index (χ0v) is 10.3. The van der Waals surface area contributed by atoms with Crippen molar-refractivity contribution in [3.8, 4) is 0 Å². The van der Waals surface area contributed by atoms with Gasteiger partial charge in [0.25, 0.3) is 0 Å². The number of fused-ring (bicyclic) bond motifs is 1. The second-order valence-electron chi connectivity index (χ2n) is 5.22. The minimum atomic E-state index is -0.0368. The van der Waals surface area contributed by atoms with E-state index in [0.29, 0.717) is 25.0 Å². The number of Topliss-reactive ketones (excluding diaryl/α,β-unsaturated/α-hetero) is 1. The maximum absolute atomic E-state index is 12.1. The molecule has 1 aromatic carbocycles. The van der Waals surface area contributed by atoms with Crippen molar-refractivity contribution in [2.24, 2.45) is 0 Å². The molecule has 0 aromatic heterocycles. The Morgan fingerprint density at radius 3 is 2.61 bits per heavy atom. The van der Waals surface area contributed by atoms with E-state index in [-0.39, 0.29) is 18.0 Å². The molecule has 0 spiro atoms. The second-order valence-corrected chi connectivity index (χ2v) is 5.22. The van der Waals surface area contributed by atoms with E-state index in [1.807, 2.05) is 35.2 Å². The lowest BCUT2D eigenvalue weighted by atomic mass is 9.85. The molecule has 0 bridgehead atoms. The molecule has 1 aromatic rings. The van der Waals surface area contributed by atoms with E-state index in [1.54, 1.807) is 0 Å². The van der Waals surface area contributed by atoms with Gasteiger partial charge < -0.3 is 4.90 Å². The number of nitrogens with zero attached hydrogens (tertiary/aromatic N) is 1. The number of ketones is 1. The SMILES string of the molecule is O=C1C[C@H]2CCCC(=O)N2[C@H](c2ccccc2)C1. The van der Waals surface area contributed by atoms with Gasteiger partial charge >= 0.3 is 0 Å². The number of piperidine rings is 2. The van der Waals surface area contributed by atoms with Crippen molar-refractivity contribution in [2.75, 3.05) is 0 Å². The van der Waals surface area contributed by atoms with Crippen LogP contribution in [0.3, 0.4) is 0 Å². The molecule has 2 saturated heterocycles. The maximum atomic E-state index is 12.1. The average molecular weight is 243 g/mol. The summed E-state index contributed by atoms with van der Waals surface area (Å²) in [4.78, 5) is 26.0. The topological polar surface area (TPSA) is 37.4 Å². The molecule has 2 heterocycles. The lowest BCUT2D eigenvalue weighted by molar-refractivity contribution is -0.145. The molecular weight excluding hydrogens is 226 g/mol. The van der Waals surface area contributed by atoms with Gasteiger partial charge in [0.15, 0.2) is 0 Å². The van der Waals surface area contributed by atoms with Crippen molar-refractivity contribution in [1.29, 1.82) is 0 Å². The fourth-order valence-electron chi connectivity index (χ4n) is 3.20. The molecule has 0 aliphatic carbocycles. The summed E-state index contributed by atoms with van der Waals surface area (Å²) >= 11 is 0. The van der Waals surface area contributed by atoms with Crippen molar-refractivity contribution in [3.05, 3.63) is 35.9 Å². The van der Waals surface area contributed by atoms with Crippen LogP contribution in [0, 0.1) is 0 Å². The molecule has 0 unspecified atom stereocenters. The molecule has 0 saturated carbocycles. The predicted molar refractivity (Wildman–Crippen MR) is 67.9 cm³/mol. The maximum Gasteiger partial charge on any atom is 0.223 e. The van der Waals surface area contributed by atoms with E-state index in [0.717, 1.165) is 18.4 Å². The van der Waals surface area contributed by atoms with Crippen molar-refractivity contribution in [2.45, 2.75) is 44.2 Å². The van der Waals surface area contributed by atoms with Crippen molar-refractivity contribution in [1.82, 2.24) is 4.90 Å². The highest BCUT2D eigenvalue weighted by Gasteiger charge is 2.40. The van der Waals surface area contributed by atoms with E-state index in [4.69, 9.17) is 0 Å². The summed E-state index contributed by atoms with van der Waals surface area (Å²) in [7, 11) is 0. The van der Waals surface area contributed by atoms with Crippen LogP contribution in [0.1, 0.15) is 43.7 Å². The van der Waals surface area contributed by atoms with Crippen molar-refractivity contribution in [3.63, 3.8) is 0 Å². The smallest absolute Gasteiger partial charge is 0.223 e. The van der Waals surface area contributed by atoms with Gasteiger partial charge in [-0.05, 0) is 18.4 Å². The Bertz CT molecular complexity index is 469. The third-order valence-electron chi connectivity index (χ3n) is 4.01. The van der Waals surface area contributed by atoms with Gasteiger partial charge in [-0.25, -0.2) is 0 Å². The summed E-state index contributed by atoms with van der Waals surface area (Å²) < 4.78 is 0. The first-order valence-corrected chi connectivity index (χ1v) is 6.63. The fraction of sp³-hybridized carbons (Fsp3) is 0.467. The molecule has 2 atom stereocenters. The molecule has 0 N–H and O–H groups in total. The molecule has 94 valence electrons. The monoisotopic (exact) mass is 243 g/mol. The zero-order valence-electron chi connectivity index (χ0n) is 10.3. The van der Waals surface area contributed by atoms with Crippen molar-refractivity contribution < 1.29 is 9.59 Å². The van der Waals surface area contributed by atoms with Gasteiger partial charge in [0, 0.05) is 25.3 Å². The van der Waals surface area contributed by atoms with E-state index >= 15 is 0 Å². The minimum absolute atomic E-state index is 0.0368. The third-order valence-corrected chi connectivity index (χ3v) is 4.01. The fourth-order valence-corrected chi connectivity index (χ4v) is 3.20. The summed E-state index contributed by atoms with van der Waals surface area (Å²) in [5.41, 5.74) is 1.09. The lowest BCUT2D eigenvalue weighted by Crippen LogP contribution is -2.50. The Hall–Kier alpha value is -1.64. The quantitative estimate of drug-likeness (QED) is 0.760. The normalized spacial score (nSPS) is 28.1. The summed E-state index contributed by atoms with van der Waals surface area (Å²) in [5, 5.41) is 0. The van der Waals surface area contributed by atoms with Crippen LogP contribution in [0.5, 0.6) is 0 Å². The van der Waals surface area contributed by atoms with Gasteiger partial charge in [-0.2, -0.15) is 0 Å². The largest absolute Gasteiger partial charge is 0.332 e. The third kappa shape index (κ3) is 1.94. The number of benzene rings is 1. The zero-order chi connectivity index (χ0) is 12.5. The molecule has 2 aliphatic heterocycles.